The normalized spacial score (nSPS) is 17.7. The van der Waals surface area contributed by atoms with Gasteiger partial charge in [0.05, 0.1) is 0 Å². The summed E-state index contributed by atoms with van der Waals surface area (Å²) in [6.45, 7) is 0. The van der Waals surface area contributed by atoms with Crippen LogP contribution in [0.3, 0.4) is 0 Å². The zero-order valence-electron chi connectivity index (χ0n) is 10.9. The van der Waals surface area contributed by atoms with Gasteiger partial charge in [-0.15, -0.1) is 0 Å². The standard InChI is InChI=1S/C16H16O4/c17-13-5-4-10(7-14(13)18)11-3-1-2-9-6-15(19)16(20)8-12(9)11/h4-8,11,17-20H,1-3H2. The molecule has 0 saturated heterocycles. The minimum atomic E-state index is -0.141. The van der Waals surface area contributed by atoms with Crippen LogP contribution in [0.4, 0.5) is 0 Å². The second-order valence-corrected chi connectivity index (χ2v) is 5.23. The van der Waals surface area contributed by atoms with Crippen LogP contribution in [0.15, 0.2) is 30.3 Å². The molecule has 0 aliphatic heterocycles. The largest absolute Gasteiger partial charge is 0.504 e. The lowest BCUT2D eigenvalue weighted by Crippen LogP contribution is -2.11. The Labute approximate surface area is 116 Å². The van der Waals surface area contributed by atoms with E-state index in [1.165, 1.54) is 6.07 Å². The average molecular weight is 272 g/mol. The van der Waals surface area contributed by atoms with Gasteiger partial charge in [0, 0.05) is 5.92 Å². The molecule has 1 aliphatic rings. The molecule has 3 rings (SSSR count). The molecule has 0 saturated carbocycles. The van der Waals surface area contributed by atoms with Crippen LogP contribution < -0.4 is 0 Å². The molecule has 0 radical (unpaired) electrons. The first-order valence-electron chi connectivity index (χ1n) is 6.63. The SMILES string of the molecule is Oc1ccc(C2CCCc3cc(O)c(O)cc32)cc1O. The van der Waals surface area contributed by atoms with Crippen LogP contribution in [0.1, 0.15) is 35.4 Å². The van der Waals surface area contributed by atoms with Gasteiger partial charge in [-0.2, -0.15) is 0 Å². The maximum Gasteiger partial charge on any atom is 0.157 e. The Hall–Kier alpha value is -2.36. The Morgan fingerprint density at radius 3 is 2.25 bits per heavy atom. The highest BCUT2D eigenvalue weighted by molar-refractivity contribution is 5.52. The van der Waals surface area contributed by atoms with Crippen LogP contribution in [-0.2, 0) is 6.42 Å². The van der Waals surface area contributed by atoms with Crippen molar-refractivity contribution < 1.29 is 20.4 Å². The molecule has 1 aliphatic carbocycles. The van der Waals surface area contributed by atoms with Gasteiger partial charge < -0.3 is 20.4 Å². The van der Waals surface area contributed by atoms with Gasteiger partial charge in [-0.1, -0.05) is 6.07 Å². The van der Waals surface area contributed by atoms with Crippen LogP contribution in [-0.4, -0.2) is 20.4 Å². The Balaban J connectivity index is 2.09. The summed E-state index contributed by atoms with van der Waals surface area (Å²) >= 11 is 0. The molecule has 0 spiro atoms. The monoisotopic (exact) mass is 272 g/mol. The number of aromatic hydroxyl groups is 4. The third-order valence-electron chi connectivity index (χ3n) is 3.95. The zero-order chi connectivity index (χ0) is 14.3. The van der Waals surface area contributed by atoms with Crippen molar-refractivity contribution in [2.45, 2.75) is 25.2 Å². The van der Waals surface area contributed by atoms with E-state index in [0.29, 0.717) is 0 Å². The van der Waals surface area contributed by atoms with E-state index in [0.717, 1.165) is 36.0 Å². The van der Waals surface area contributed by atoms with Crippen LogP contribution in [0, 0.1) is 0 Å². The van der Waals surface area contributed by atoms with Crippen LogP contribution in [0.25, 0.3) is 0 Å². The Kier molecular flexibility index (Phi) is 2.93. The summed E-state index contributed by atoms with van der Waals surface area (Å²) in [6, 6.07) is 8.01. The number of rotatable bonds is 1. The van der Waals surface area contributed by atoms with Gasteiger partial charge >= 0.3 is 0 Å². The molecule has 2 aromatic rings. The van der Waals surface area contributed by atoms with Crippen molar-refractivity contribution in [2.24, 2.45) is 0 Å². The molecule has 0 fully saturated rings. The van der Waals surface area contributed by atoms with Gasteiger partial charge in [-0.25, -0.2) is 0 Å². The minimum Gasteiger partial charge on any atom is -0.504 e. The molecular formula is C16H16O4. The third-order valence-corrected chi connectivity index (χ3v) is 3.95. The van der Waals surface area contributed by atoms with Gasteiger partial charge in [0.25, 0.3) is 0 Å². The number of phenols is 4. The summed E-state index contributed by atoms with van der Waals surface area (Å²) < 4.78 is 0. The molecule has 1 atom stereocenters. The van der Waals surface area contributed by atoms with E-state index in [-0.39, 0.29) is 28.9 Å². The molecule has 4 nitrogen and oxygen atoms in total. The number of fused-ring (bicyclic) bond motifs is 1. The van der Waals surface area contributed by atoms with E-state index in [2.05, 4.69) is 0 Å². The van der Waals surface area contributed by atoms with Gasteiger partial charge in [0.1, 0.15) is 0 Å². The van der Waals surface area contributed by atoms with E-state index >= 15 is 0 Å². The fraction of sp³-hybridized carbons (Fsp3) is 0.250. The summed E-state index contributed by atoms with van der Waals surface area (Å²) in [7, 11) is 0. The lowest BCUT2D eigenvalue weighted by molar-refractivity contribution is 0.399. The Morgan fingerprint density at radius 2 is 1.50 bits per heavy atom. The second kappa shape index (κ2) is 4.63. The Morgan fingerprint density at radius 1 is 0.800 bits per heavy atom. The van der Waals surface area contributed by atoms with Crippen molar-refractivity contribution in [3.8, 4) is 23.0 Å². The van der Waals surface area contributed by atoms with Gasteiger partial charge in [0.15, 0.2) is 23.0 Å². The van der Waals surface area contributed by atoms with E-state index < -0.39 is 0 Å². The van der Waals surface area contributed by atoms with Crippen molar-refractivity contribution in [3.63, 3.8) is 0 Å². The fourth-order valence-electron chi connectivity index (χ4n) is 2.93. The predicted molar refractivity (Wildman–Crippen MR) is 74.3 cm³/mol. The number of phenolic OH excluding ortho intramolecular Hbond substituents is 4. The highest BCUT2D eigenvalue weighted by atomic mass is 16.3. The van der Waals surface area contributed by atoms with Crippen molar-refractivity contribution in [1.29, 1.82) is 0 Å². The average Bonchev–Trinajstić information content (AvgIpc) is 2.43. The Bertz CT molecular complexity index is 664. The van der Waals surface area contributed by atoms with E-state index in [4.69, 9.17) is 0 Å². The first-order valence-corrected chi connectivity index (χ1v) is 6.63. The van der Waals surface area contributed by atoms with Crippen LogP contribution in [0.5, 0.6) is 23.0 Å². The second-order valence-electron chi connectivity index (χ2n) is 5.23. The summed E-state index contributed by atoms with van der Waals surface area (Å²) in [4.78, 5) is 0. The van der Waals surface area contributed by atoms with Crippen LogP contribution in [0.2, 0.25) is 0 Å². The number of aryl methyl sites for hydroxylation is 1. The highest BCUT2D eigenvalue weighted by Crippen LogP contribution is 2.42. The maximum atomic E-state index is 9.70. The van der Waals surface area contributed by atoms with E-state index in [1.54, 1.807) is 24.3 Å². The molecule has 0 heterocycles. The summed E-state index contributed by atoms with van der Waals surface area (Å²) in [5, 5.41) is 38.3. The number of hydrogen-bond donors (Lipinski definition) is 4. The molecule has 104 valence electrons. The topological polar surface area (TPSA) is 80.9 Å². The molecule has 4 N–H and O–H groups in total. The zero-order valence-corrected chi connectivity index (χ0v) is 10.9. The molecule has 20 heavy (non-hydrogen) atoms. The van der Waals surface area contributed by atoms with Crippen molar-refractivity contribution >= 4 is 0 Å². The van der Waals surface area contributed by atoms with Gasteiger partial charge in [-0.3, -0.25) is 0 Å². The van der Waals surface area contributed by atoms with Crippen LogP contribution >= 0.6 is 0 Å². The van der Waals surface area contributed by atoms with E-state index in [1.807, 2.05) is 0 Å². The lowest BCUT2D eigenvalue weighted by atomic mass is 9.78. The minimum absolute atomic E-state index is 0.0525. The third kappa shape index (κ3) is 2.03. The maximum absolute atomic E-state index is 9.70. The highest BCUT2D eigenvalue weighted by Gasteiger charge is 2.24. The molecule has 0 aromatic heterocycles. The quantitative estimate of drug-likeness (QED) is 0.602. The first-order chi connectivity index (χ1) is 9.56. The van der Waals surface area contributed by atoms with Gasteiger partial charge in [0.2, 0.25) is 0 Å². The molecule has 0 amide bonds. The van der Waals surface area contributed by atoms with Crippen molar-refractivity contribution in [2.75, 3.05) is 0 Å². The molecule has 4 heteroatoms. The van der Waals surface area contributed by atoms with Crippen molar-refractivity contribution in [3.05, 3.63) is 47.0 Å². The van der Waals surface area contributed by atoms with E-state index in [9.17, 15) is 20.4 Å². The molecule has 2 aromatic carbocycles. The lowest BCUT2D eigenvalue weighted by Gasteiger charge is -2.26. The number of hydrogen-bond acceptors (Lipinski definition) is 4. The summed E-state index contributed by atoms with van der Waals surface area (Å²) in [5.41, 5.74) is 2.88. The molecule has 0 bridgehead atoms. The molecular weight excluding hydrogens is 256 g/mol. The first kappa shape index (κ1) is 12.7. The smallest absolute Gasteiger partial charge is 0.157 e. The van der Waals surface area contributed by atoms with Crippen molar-refractivity contribution in [1.82, 2.24) is 0 Å². The fourth-order valence-corrected chi connectivity index (χ4v) is 2.93. The predicted octanol–water partition coefficient (Wildman–Crippen LogP) is 2.98. The summed E-state index contributed by atoms with van der Waals surface area (Å²) in [6.07, 6.45) is 2.74. The van der Waals surface area contributed by atoms with Gasteiger partial charge in [-0.05, 0) is 60.2 Å². The summed E-state index contributed by atoms with van der Waals surface area (Å²) in [5.74, 6) is -0.454. The molecule has 1 unspecified atom stereocenters. The number of benzene rings is 2.